The summed E-state index contributed by atoms with van der Waals surface area (Å²) in [6.07, 6.45) is 7.47. The molecule has 2 aliphatic heterocycles. The van der Waals surface area contributed by atoms with Crippen molar-refractivity contribution in [2.24, 2.45) is 5.16 Å². The van der Waals surface area contributed by atoms with Crippen LogP contribution in [0.5, 0.6) is 0 Å². The van der Waals surface area contributed by atoms with Gasteiger partial charge in [0.25, 0.3) is 0 Å². The van der Waals surface area contributed by atoms with Gasteiger partial charge in [-0.3, -0.25) is 14.9 Å². The van der Waals surface area contributed by atoms with Crippen molar-refractivity contribution in [3.63, 3.8) is 0 Å². The molecule has 1 spiro atoms. The second-order valence-electron chi connectivity index (χ2n) is 8.51. The first kappa shape index (κ1) is 22.0. The zero-order valence-electron chi connectivity index (χ0n) is 18.7. The third-order valence-electron chi connectivity index (χ3n) is 6.46. The van der Waals surface area contributed by atoms with Crippen molar-refractivity contribution < 1.29 is 9.57 Å². The third-order valence-corrected chi connectivity index (χ3v) is 6.68. The molecule has 0 atom stereocenters. The Kier molecular flexibility index (Phi) is 6.40. The van der Waals surface area contributed by atoms with Gasteiger partial charge in [-0.05, 0) is 49.1 Å². The van der Waals surface area contributed by atoms with Crippen LogP contribution in [0.4, 0.5) is 0 Å². The van der Waals surface area contributed by atoms with Crippen LogP contribution in [0.1, 0.15) is 47.7 Å². The first-order valence-electron chi connectivity index (χ1n) is 11.4. The summed E-state index contributed by atoms with van der Waals surface area (Å²) in [6.45, 7) is 6.02. The summed E-state index contributed by atoms with van der Waals surface area (Å²) in [6, 6.07) is 14.2. The number of aromatic nitrogens is 2. The van der Waals surface area contributed by atoms with Gasteiger partial charge in [0.15, 0.2) is 0 Å². The molecule has 2 aromatic heterocycles. The van der Waals surface area contributed by atoms with E-state index < -0.39 is 0 Å². The Balaban J connectivity index is 1.25. The fourth-order valence-corrected chi connectivity index (χ4v) is 4.77. The van der Waals surface area contributed by atoms with Crippen LogP contribution in [0.25, 0.3) is 0 Å². The Morgan fingerprint density at radius 2 is 1.94 bits per heavy atom. The highest BCUT2D eigenvalue weighted by Gasteiger charge is 2.42. The van der Waals surface area contributed by atoms with Gasteiger partial charge in [-0.2, -0.15) is 0 Å². The van der Waals surface area contributed by atoms with Crippen LogP contribution in [-0.2, 0) is 28.3 Å². The van der Waals surface area contributed by atoms with Crippen molar-refractivity contribution in [3.05, 3.63) is 94.0 Å². The van der Waals surface area contributed by atoms with Gasteiger partial charge in [0.2, 0.25) is 0 Å². The van der Waals surface area contributed by atoms with E-state index in [1.165, 1.54) is 16.7 Å². The summed E-state index contributed by atoms with van der Waals surface area (Å²) in [4.78, 5) is 16.6. The minimum Gasteiger partial charge on any atom is -0.396 e. The van der Waals surface area contributed by atoms with Gasteiger partial charge in [-0.25, -0.2) is 0 Å². The van der Waals surface area contributed by atoms with Crippen LogP contribution in [0.2, 0.25) is 5.02 Å². The molecule has 4 heterocycles. The van der Waals surface area contributed by atoms with Gasteiger partial charge in [0, 0.05) is 49.4 Å². The van der Waals surface area contributed by atoms with E-state index in [-0.39, 0.29) is 5.60 Å². The van der Waals surface area contributed by atoms with Crippen molar-refractivity contribution in [3.8, 4) is 0 Å². The van der Waals surface area contributed by atoms with Crippen LogP contribution in [0.3, 0.4) is 0 Å². The van der Waals surface area contributed by atoms with E-state index in [2.05, 4.69) is 50.4 Å². The van der Waals surface area contributed by atoms with E-state index in [1.54, 1.807) is 6.20 Å². The molecular weight excluding hydrogens is 436 g/mol. The van der Waals surface area contributed by atoms with Crippen molar-refractivity contribution >= 4 is 17.3 Å². The molecule has 7 heteroatoms. The maximum atomic E-state index is 6.27. The Labute approximate surface area is 199 Å². The van der Waals surface area contributed by atoms with Gasteiger partial charge in [0.1, 0.15) is 12.3 Å². The molecule has 33 heavy (non-hydrogen) atoms. The molecule has 0 unspecified atom stereocenters. The molecule has 170 valence electrons. The predicted octanol–water partition coefficient (Wildman–Crippen LogP) is 4.94. The molecule has 5 rings (SSSR count). The minimum absolute atomic E-state index is 0.153. The lowest BCUT2D eigenvalue weighted by molar-refractivity contribution is -0.0800. The summed E-state index contributed by atoms with van der Waals surface area (Å²) in [7, 11) is 0. The molecule has 0 radical (unpaired) electrons. The number of hydrogen-bond donors (Lipinski definition) is 0. The Morgan fingerprint density at radius 3 is 2.67 bits per heavy atom. The van der Waals surface area contributed by atoms with Crippen molar-refractivity contribution in [2.45, 2.75) is 38.5 Å². The van der Waals surface area contributed by atoms with Gasteiger partial charge in [-0.1, -0.05) is 41.0 Å². The lowest BCUT2D eigenvalue weighted by Gasteiger charge is -2.39. The number of ether oxygens (including phenoxy) is 1. The van der Waals surface area contributed by atoms with E-state index in [0.29, 0.717) is 23.9 Å². The third kappa shape index (κ3) is 4.64. The summed E-state index contributed by atoms with van der Waals surface area (Å²) < 4.78 is 6.27. The molecule has 0 bridgehead atoms. The number of oxime groups is 1. The zero-order chi connectivity index (χ0) is 22.7. The molecule has 1 aromatic carbocycles. The van der Waals surface area contributed by atoms with E-state index >= 15 is 0 Å². The molecular formula is C26H27ClN4O2. The second kappa shape index (κ2) is 9.59. The van der Waals surface area contributed by atoms with Gasteiger partial charge in [-0.15, -0.1) is 0 Å². The summed E-state index contributed by atoms with van der Waals surface area (Å²) in [5, 5.41) is 4.89. The fraction of sp³-hybridized carbons (Fsp3) is 0.346. The summed E-state index contributed by atoms with van der Waals surface area (Å²) in [5.74, 6) is 0. The Hall–Kier alpha value is -2.80. The standard InChI is InChI=1S/C26H27ClN4O2/c1-2-33-30-25(24-8-7-22(27)15-29-24)20-5-3-19(4-6-20)17-31-13-10-26(11-14-31)23-16-28-12-9-21(23)18-32-26/h3-9,12,15-16H,2,10-11,13-14,17-18H2,1H3/b30-25+. The van der Waals surface area contributed by atoms with Gasteiger partial charge < -0.3 is 9.57 Å². The van der Waals surface area contributed by atoms with Crippen molar-refractivity contribution in [1.29, 1.82) is 0 Å². The van der Waals surface area contributed by atoms with E-state index in [1.807, 2.05) is 31.5 Å². The van der Waals surface area contributed by atoms with E-state index in [0.717, 1.165) is 43.7 Å². The number of fused-ring (bicyclic) bond motifs is 2. The number of hydrogen-bond acceptors (Lipinski definition) is 6. The number of halogens is 1. The van der Waals surface area contributed by atoms with E-state index in [9.17, 15) is 0 Å². The van der Waals surface area contributed by atoms with Gasteiger partial charge in [0.05, 0.1) is 22.9 Å². The Bertz CT molecular complexity index is 1120. The second-order valence-corrected chi connectivity index (χ2v) is 8.94. The molecule has 1 saturated heterocycles. The van der Waals surface area contributed by atoms with Crippen molar-refractivity contribution in [2.75, 3.05) is 19.7 Å². The molecule has 0 amide bonds. The van der Waals surface area contributed by atoms with Crippen LogP contribution in [-0.4, -0.2) is 40.3 Å². The highest BCUT2D eigenvalue weighted by molar-refractivity contribution is 6.30. The molecule has 6 nitrogen and oxygen atoms in total. The number of benzene rings is 1. The SMILES string of the molecule is CCO/N=C(\c1ccc(CN2CCC3(CC2)OCc2ccncc23)cc1)c1ccc(Cl)cn1. The molecule has 2 aliphatic rings. The lowest BCUT2D eigenvalue weighted by Crippen LogP contribution is -2.42. The lowest BCUT2D eigenvalue weighted by atomic mass is 9.84. The average Bonchev–Trinajstić information content (AvgIpc) is 3.21. The number of rotatable bonds is 6. The monoisotopic (exact) mass is 462 g/mol. The average molecular weight is 463 g/mol. The summed E-state index contributed by atoms with van der Waals surface area (Å²) in [5.41, 5.74) is 6.07. The van der Waals surface area contributed by atoms with Gasteiger partial charge >= 0.3 is 0 Å². The van der Waals surface area contributed by atoms with Crippen LogP contribution >= 0.6 is 11.6 Å². The summed E-state index contributed by atoms with van der Waals surface area (Å²) >= 11 is 6.00. The normalized spacial score (nSPS) is 17.8. The smallest absolute Gasteiger partial charge is 0.135 e. The maximum Gasteiger partial charge on any atom is 0.135 e. The molecule has 0 saturated carbocycles. The maximum absolute atomic E-state index is 6.27. The van der Waals surface area contributed by atoms with Crippen LogP contribution < -0.4 is 0 Å². The fourth-order valence-electron chi connectivity index (χ4n) is 4.66. The topological polar surface area (TPSA) is 59.8 Å². The predicted molar refractivity (Wildman–Crippen MR) is 128 cm³/mol. The zero-order valence-corrected chi connectivity index (χ0v) is 19.5. The van der Waals surface area contributed by atoms with E-state index in [4.69, 9.17) is 21.2 Å². The highest BCUT2D eigenvalue weighted by atomic mass is 35.5. The van der Waals surface area contributed by atoms with Crippen LogP contribution in [0, 0.1) is 0 Å². The minimum atomic E-state index is -0.153. The largest absolute Gasteiger partial charge is 0.396 e. The number of pyridine rings is 2. The molecule has 0 aliphatic carbocycles. The first-order valence-corrected chi connectivity index (χ1v) is 11.8. The highest BCUT2D eigenvalue weighted by Crippen LogP contribution is 2.43. The number of piperidine rings is 1. The number of nitrogens with zero attached hydrogens (tertiary/aromatic N) is 4. The Morgan fingerprint density at radius 1 is 1.12 bits per heavy atom. The molecule has 1 fully saturated rings. The molecule has 0 N–H and O–H groups in total. The van der Waals surface area contributed by atoms with Crippen LogP contribution in [0.15, 0.2) is 66.2 Å². The number of likely N-dealkylation sites (tertiary alicyclic amines) is 1. The van der Waals surface area contributed by atoms with Crippen molar-refractivity contribution in [1.82, 2.24) is 14.9 Å². The molecule has 3 aromatic rings. The first-order chi connectivity index (χ1) is 16.2. The quantitative estimate of drug-likeness (QED) is 0.383.